The molecule has 54 heavy (non-hydrogen) atoms. The van der Waals surface area contributed by atoms with Crippen LogP contribution in [0.3, 0.4) is 0 Å². The first kappa shape index (κ1) is 38.6. The Bertz CT molecular complexity index is 1440. The summed E-state index contributed by atoms with van der Waals surface area (Å²) in [6, 6.07) is 0. The van der Waals surface area contributed by atoms with Gasteiger partial charge in [-0.1, -0.05) is 13.8 Å². The number of aliphatic hydroxyl groups is 2. The summed E-state index contributed by atoms with van der Waals surface area (Å²) in [4.78, 5) is 55.8. The van der Waals surface area contributed by atoms with E-state index in [2.05, 4.69) is 0 Å². The molecule has 2 aliphatic heterocycles. The second-order valence-corrected chi connectivity index (χ2v) is 19.5. The van der Waals surface area contributed by atoms with Gasteiger partial charge in [0.15, 0.2) is 0 Å². The number of rotatable bonds is 13. The van der Waals surface area contributed by atoms with Crippen molar-refractivity contribution < 1.29 is 57.8 Å². The molecule has 0 aromatic heterocycles. The average molecular weight is 759 g/mol. The zero-order chi connectivity index (χ0) is 37.9. The fraction of sp³-hybridized carbons (Fsp3) is 0.905. The van der Waals surface area contributed by atoms with Crippen LogP contribution in [0.5, 0.6) is 0 Å². The molecule has 11 unspecified atom stereocenters. The molecule has 10 aliphatic rings. The van der Waals surface area contributed by atoms with Gasteiger partial charge in [0.25, 0.3) is 0 Å². The van der Waals surface area contributed by atoms with Crippen molar-refractivity contribution in [2.75, 3.05) is 13.2 Å². The maximum Gasteiger partial charge on any atom is 0.314 e. The van der Waals surface area contributed by atoms with E-state index in [0.717, 1.165) is 57.8 Å². The zero-order valence-corrected chi connectivity index (χ0v) is 32.4. The summed E-state index contributed by atoms with van der Waals surface area (Å²) in [7, 11) is 0. The van der Waals surface area contributed by atoms with Gasteiger partial charge in [0.05, 0.1) is 47.6 Å². The Balaban J connectivity index is 0.981. The monoisotopic (exact) mass is 758 g/mol. The molecule has 2 heterocycles. The van der Waals surface area contributed by atoms with Gasteiger partial charge in [-0.15, -0.1) is 0 Å². The van der Waals surface area contributed by atoms with E-state index in [9.17, 15) is 29.4 Å². The van der Waals surface area contributed by atoms with E-state index in [1.807, 2.05) is 6.92 Å². The highest BCUT2D eigenvalue weighted by Gasteiger charge is 2.68. The summed E-state index contributed by atoms with van der Waals surface area (Å²) in [5.41, 5.74) is -4.67. The molecule has 2 N–H and O–H groups in total. The van der Waals surface area contributed by atoms with Crippen molar-refractivity contribution in [3.63, 3.8) is 0 Å². The van der Waals surface area contributed by atoms with Crippen molar-refractivity contribution in [2.24, 2.45) is 40.9 Å². The fourth-order valence-corrected chi connectivity index (χ4v) is 13.2. The zero-order valence-electron chi connectivity index (χ0n) is 32.4. The van der Waals surface area contributed by atoms with Crippen LogP contribution < -0.4 is 0 Å². The van der Waals surface area contributed by atoms with Crippen LogP contribution in [0.15, 0.2) is 0 Å². The highest BCUT2D eigenvalue weighted by molar-refractivity contribution is 5.80. The third-order valence-corrected chi connectivity index (χ3v) is 14.6. The van der Waals surface area contributed by atoms with Gasteiger partial charge in [-0.3, -0.25) is 19.2 Å². The van der Waals surface area contributed by atoms with Gasteiger partial charge in [0.2, 0.25) is 12.6 Å². The minimum Gasteiger partial charge on any atom is -0.459 e. The molecule has 10 fully saturated rings. The molecule has 10 rings (SSSR count). The lowest BCUT2D eigenvalue weighted by atomic mass is 9.46. The number of carbonyl (C=O) groups is 4. The molecule has 0 amide bonds. The predicted molar refractivity (Wildman–Crippen MR) is 191 cm³/mol. The van der Waals surface area contributed by atoms with E-state index >= 15 is 0 Å². The summed E-state index contributed by atoms with van der Waals surface area (Å²) in [6.07, 6.45) is 11.4. The summed E-state index contributed by atoms with van der Waals surface area (Å²) in [6.45, 7) is 4.71. The van der Waals surface area contributed by atoms with E-state index in [1.54, 1.807) is 6.92 Å². The van der Waals surface area contributed by atoms with Crippen molar-refractivity contribution in [1.82, 2.24) is 0 Å². The van der Waals surface area contributed by atoms with E-state index in [1.165, 1.54) is 0 Å². The van der Waals surface area contributed by atoms with Crippen molar-refractivity contribution in [1.29, 1.82) is 0 Å². The number of ether oxygens (including phenoxy) is 6. The van der Waals surface area contributed by atoms with Crippen LogP contribution in [0, 0.1) is 40.9 Å². The van der Waals surface area contributed by atoms with Crippen molar-refractivity contribution >= 4 is 23.9 Å². The van der Waals surface area contributed by atoms with Gasteiger partial charge in [-0.05, 0) is 120 Å². The van der Waals surface area contributed by atoms with Crippen molar-refractivity contribution in [2.45, 2.75) is 184 Å². The molecule has 8 bridgehead atoms. The predicted octanol–water partition coefficient (Wildman–Crippen LogP) is 5.81. The first-order valence-electron chi connectivity index (χ1n) is 21.2. The van der Waals surface area contributed by atoms with E-state index < -0.39 is 76.1 Å². The Hall–Kier alpha value is -2.28. The van der Waals surface area contributed by atoms with Crippen molar-refractivity contribution in [3.8, 4) is 0 Å². The van der Waals surface area contributed by atoms with Gasteiger partial charge in [-0.25, -0.2) is 0 Å². The SMILES string of the molecule is CCC(CC(CC(C)C(=O)OC1CCCCO1)C(=O)OC12CC3CC(CC(O)(C3)C1)C2)C(=O)OC12CC3CC(O)(C1)CC(C(=O)OC1CCCCO1)(C3)C2. The molecule has 2 saturated heterocycles. The van der Waals surface area contributed by atoms with Gasteiger partial charge in [-0.2, -0.15) is 0 Å². The maximum absolute atomic E-state index is 14.4. The largest absolute Gasteiger partial charge is 0.459 e. The van der Waals surface area contributed by atoms with E-state index in [-0.39, 0.29) is 44.0 Å². The molecule has 0 aromatic rings. The minimum absolute atomic E-state index is 0.0109. The maximum atomic E-state index is 14.4. The molecule has 12 nitrogen and oxygen atoms in total. The second-order valence-electron chi connectivity index (χ2n) is 19.5. The quantitative estimate of drug-likeness (QED) is 0.172. The number of hydrogen-bond donors (Lipinski definition) is 2. The lowest BCUT2D eigenvalue weighted by Gasteiger charge is -2.62. The van der Waals surface area contributed by atoms with Gasteiger partial charge in [0.1, 0.15) is 11.2 Å². The molecular weight excluding hydrogens is 696 g/mol. The van der Waals surface area contributed by atoms with Gasteiger partial charge >= 0.3 is 23.9 Å². The van der Waals surface area contributed by atoms with E-state index in [0.29, 0.717) is 70.0 Å². The highest BCUT2D eigenvalue weighted by Crippen LogP contribution is 2.65. The van der Waals surface area contributed by atoms with Crippen LogP contribution in [0.1, 0.15) is 149 Å². The summed E-state index contributed by atoms with van der Waals surface area (Å²) < 4.78 is 35.9. The molecule has 0 spiro atoms. The Morgan fingerprint density at radius 1 is 0.648 bits per heavy atom. The molecule has 12 heteroatoms. The third-order valence-electron chi connectivity index (χ3n) is 14.6. The fourth-order valence-electron chi connectivity index (χ4n) is 13.2. The molecule has 8 saturated carbocycles. The Labute approximate surface area is 319 Å². The molecule has 0 aromatic carbocycles. The number of hydrogen-bond acceptors (Lipinski definition) is 12. The summed E-state index contributed by atoms with van der Waals surface area (Å²) >= 11 is 0. The van der Waals surface area contributed by atoms with Crippen LogP contribution in [-0.4, -0.2) is 82.3 Å². The lowest BCUT2D eigenvalue weighted by molar-refractivity contribution is -0.257. The van der Waals surface area contributed by atoms with Crippen LogP contribution in [0.4, 0.5) is 0 Å². The number of carbonyl (C=O) groups excluding carboxylic acids is 4. The number of esters is 4. The molecule has 8 aliphatic carbocycles. The van der Waals surface area contributed by atoms with Crippen LogP contribution >= 0.6 is 0 Å². The summed E-state index contributed by atoms with van der Waals surface area (Å²) in [5.74, 6) is -3.22. The molecule has 11 atom stereocenters. The van der Waals surface area contributed by atoms with Gasteiger partial charge in [0, 0.05) is 32.1 Å². The lowest BCUT2D eigenvalue weighted by Crippen LogP contribution is -2.66. The highest BCUT2D eigenvalue weighted by atomic mass is 16.7. The third kappa shape index (κ3) is 7.84. The smallest absolute Gasteiger partial charge is 0.314 e. The van der Waals surface area contributed by atoms with E-state index in [4.69, 9.17) is 28.4 Å². The first-order valence-corrected chi connectivity index (χ1v) is 21.2. The van der Waals surface area contributed by atoms with Crippen LogP contribution in [0.25, 0.3) is 0 Å². The average Bonchev–Trinajstić information content (AvgIpc) is 3.08. The minimum atomic E-state index is -1.14. The standard InChI is InChI=1S/C42H62O12/c1-3-30(35(44)54-42-21-29-15-38(23-42,22-40(48,18-29)25-42)37(46)52-33-9-5-7-11-50-33)14-31(12-26(2)34(43)51-32-8-4-6-10-49-32)36(45)53-41-19-27-13-28(20-41)17-39(47,16-27)24-41/h26-33,47-48H,3-25H2,1-2H3. The Kier molecular flexibility index (Phi) is 10.4. The van der Waals surface area contributed by atoms with Crippen molar-refractivity contribution in [3.05, 3.63) is 0 Å². The first-order chi connectivity index (χ1) is 25.7. The topological polar surface area (TPSA) is 164 Å². The van der Waals surface area contributed by atoms with Crippen LogP contribution in [0.2, 0.25) is 0 Å². The molecular formula is C42H62O12. The Morgan fingerprint density at radius 3 is 1.85 bits per heavy atom. The Morgan fingerprint density at radius 2 is 1.24 bits per heavy atom. The molecule has 0 radical (unpaired) electrons. The van der Waals surface area contributed by atoms with Crippen LogP contribution in [-0.2, 0) is 47.6 Å². The molecule has 302 valence electrons. The van der Waals surface area contributed by atoms with Gasteiger partial charge < -0.3 is 38.6 Å². The second kappa shape index (κ2) is 14.6. The normalized spacial score (nSPS) is 43.5. The summed E-state index contributed by atoms with van der Waals surface area (Å²) in [5, 5.41) is 23.2.